The zero-order chi connectivity index (χ0) is 54.0. The van der Waals surface area contributed by atoms with E-state index < -0.39 is 0 Å². The fourth-order valence-electron chi connectivity index (χ4n) is 8.10. The number of furan rings is 1. The van der Waals surface area contributed by atoms with Crippen molar-refractivity contribution in [2.24, 2.45) is 7.05 Å². The Labute approximate surface area is 429 Å². The largest absolute Gasteiger partial charge is 0.458 e. The zero-order valence-corrected chi connectivity index (χ0v) is 42.9. The number of aryl methyl sites for hydroxylation is 6. The Balaban J connectivity index is 0.000000130. The van der Waals surface area contributed by atoms with Gasteiger partial charge in [-0.1, -0.05) is 0 Å². The Morgan fingerprint density at radius 1 is 0.541 bits per heavy atom. The third kappa shape index (κ3) is 11.7. The molecule has 6 aromatic heterocycles. The van der Waals surface area contributed by atoms with Gasteiger partial charge in [-0.3, -0.25) is 61.2 Å². The standard InChI is InChI=1S/C9H11N3O.C9H10N2O2.C8H8N2OS.C7H8N4O.C7H7N3O2.C7H7N3OS/c1-4-5(2)11-8-6(4)3-7(13)12-9(8)10;1-4-5(2)13-8-6(4)3-7(12)11-9(8)10;1-4-2-5-3-6(11)10-8(9)7(5)12-4;1-11-3-9-4-2-5(12)10-7(8)6(4)11;2*1-3-9-4-2-5(11)10-7(8)6(4)12-3/h11H,3H2,1-2H3,(H2,10,12,13);3H2,1-2H3,(H2,10,11,12);2H,3H2,1H3,(H2,9,10,11);3H,2H2,1H3,(H2,8,10,12);2*2H2,1H3,(H2,8,10,11). The second-order valence-corrected chi connectivity index (χ2v) is 19.8. The number of fused-ring (bicyclic) bond motifs is 6. The van der Waals surface area contributed by atoms with E-state index >= 15 is 0 Å². The summed E-state index contributed by atoms with van der Waals surface area (Å²) in [5.74, 6) is 2.17. The molecule has 12 rings (SSSR count). The highest BCUT2D eigenvalue weighted by atomic mass is 32.1. The number of nitrogens with one attached hydrogen (secondary N) is 13. The molecular formula is C47H51N17O8S2. The van der Waals surface area contributed by atoms with Crippen molar-refractivity contribution in [3.8, 4) is 0 Å². The maximum Gasteiger partial charge on any atom is 0.231 e. The molecule has 0 fully saturated rings. The average Bonchev–Trinajstić information content (AvgIpc) is 4.16. The molecule has 0 saturated heterocycles. The van der Waals surface area contributed by atoms with Gasteiger partial charge in [-0.05, 0) is 69.9 Å². The number of hydrogen-bond acceptors (Lipinski definition) is 19. The molecule has 6 amide bonds. The highest BCUT2D eigenvalue weighted by Gasteiger charge is 2.29. The Hall–Kier alpha value is -8.85. The number of H-pyrrole nitrogens is 1. The van der Waals surface area contributed by atoms with E-state index in [2.05, 4.69) is 51.8 Å². The van der Waals surface area contributed by atoms with Gasteiger partial charge in [0.05, 0.1) is 82.4 Å². The van der Waals surface area contributed by atoms with E-state index in [4.69, 9.17) is 41.3 Å². The van der Waals surface area contributed by atoms with Crippen LogP contribution in [-0.4, -0.2) is 95.0 Å². The maximum atomic E-state index is 11.1. The lowest BCUT2D eigenvalue weighted by Gasteiger charge is -2.13. The molecule has 0 atom stereocenters. The molecule has 0 saturated carbocycles. The molecule has 27 heteroatoms. The lowest BCUT2D eigenvalue weighted by molar-refractivity contribution is -0.120. The molecule has 384 valence electrons. The summed E-state index contributed by atoms with van der Waals surface area (Å²) in [7, 11) is 1.80. The van der Waals surface area contributed by atoms with E-state index in [1.807, 2.05) is 47.6 Å². The molecule has 0 unspecified atom stereocenters. The van der Waals surface area contributed by atoms with Crippen LogP contribution in [0.3, 0.4) is 0 Å². The third-order valence-corrected chi connectivity index (χ3v) is 13.8. The molecule has 0 spiro atoms. The molecule has 6 aliphatic rings. The van der Waals surface area contributed by atoms with Gasteiger partial charge in [0, 0.05) is 30.1 Å². The first-order chi connectivity index (χ1) is 34.9. The van der Waals surface area contributed by atoms with Gasteiger partial charge in [0.25, 0.3) is 0 Å². The minimum absolute atomic E-state index is 0.00171. The van der Waals surface area contributed by atoms with Crippen LogP contribution in [0, 0.1) is 80.9 Å². The first kappa shape index (κ1) is 53.0. The molecule has 13 N–H and O–H groups in total. The Kier molecular flexibility index (Phi) is 15.4. The van der Waals surface area contributed by atoms with Crippen molar-refractivity contribution in [2.75, 3.05) is 0 Å². The van der Waals surface area contributed by atoms with Gasteiger partial charge in [-0.15, -0.1) is 22.7 Å². The first-order valence-electron chi connectivity index (χ1n) is 22.5. The molecule has 74 heavy (non-hydrogen) atoms. The smallest absolute Gasteiger partial charge is 0.231 e. The van der Waals surface area contributed by atoms with E-state index in [0.717, 1.165) is 70.3 Å². The van der Waals surface area contributed by atoms with Crippen LogP contribution in [0.25, 0.3) is 0 Å². The van der Waals surface area contributed by atoms with Crippen molar-refractivity contribution >= 4 is 93.1 Å². The predicted octanol–water partition coefficient (Wildman–Crippen LogP) is 2.43. The van der Waals surface area contributed by atoms with Crippen LogP contribution >= 0.6 is 22.7 Å². The summed E-state index contributed by atoms with van der Waals surface area (Å²) in [6.07, 6.45) is 3.52. The Bertz CT molecular complexity index is 3170. The fraction of sp³-hybridized carbons (Fsp3) is 0.298. The Morgan fingerprint density at radius 2 is 1.07 bits per heavy atom. The van der Waals surface area contributed by atoms with Gasteiger partial charge in [0.2, 0.25) is 35.4 Å². The van der Waals surface area contributed by atoms with E-state index in [9.17, 15) is 28.8 Å². The summed E-state index contributed by atoms with van der Waals surface area (Å²) < 4.78 is 12.2. The monoisotopic (exact) mass is 1050 g/mol. The third-order valence-electron chi connectivity index (χ3n) is 11.7. The molecular weight excluding hydrogens is 995 g/mol. The average molecular weight is 1050 g/mol. The molecule has 0 radical (unpaired) electrons. The van der Waals surface area contributed by atoms with Crippen molar-refractivity contribution in [3.05, 3.63) is 117 Å². The number of carbonyl (C=O) groups excluding carboxylic acids is 6. The lowest BCUT2D eigenvalue weighted by atomic mass is 10.0. The number of oxazole rings is 1. The van der Waals surface area contributed by atoms with Crippen molar-refractivity contribution in [1.29, 1.82) is 32.5 Å². The number of thiophene rings is 1. The molecule has 0 bridgehead atoms. The van der Waals surface area contributed by atoms with Crippen molar-refractivity contribution in [2.45, 2.75) is 87.0 Å². The normalized spacial score (nSPS) is 15.7. The number of aromatic nitrogens is 5. The van der Waals surface area contributed by atoms with Crippen molar-refractivity contribution in [3.63, 3.8) is 0 Å². The van der Waals surface area contributed by atoms with E-state index in [1.54, 1.807) is 36.2 Å². The summed E-state index contributed by atoms with van der Waals surface area (Å²) in [5.41, 5.74) is 9.36. The summed E-state index contributed by atoms with van der Waals surface area (Å²) in [6, 6.07) is 1.98. The zero-order valence-electron chi connectivity index (χ0n) is 41.3. The van der Waals surface area contributed by atoms with Crippen LogP contribution in [0.2, 0.25) is 0 Å². The number of thiazole rings is 1. The number of rotatable bonds is 0. The van der Waals surface area contributed by atoms with Gasteiger partial charge in [0.1, 0.15) is 29.0 Å². The first-order valence-corrected chi connectivity index (χ1v) is 24.1. The second kappa shape index (κ2) is 21.5. The van der Waals surface area contributed by atoms with Crippen LogP contribution < -0.4 is 31.9 Å². The molecule has 25 nitrogen and oxygen atoms in total. The topological polar surface area (TPSA) is 403 Å². The van der Waals surface area contributed by atoms with E-state index in [0.29, 0.717) is 60.2 Å². The fourth-order valence-corrected chi connectivity index (χ4v) is 9.88. The summed E-state index contributed by atoms with van der Waals surface area (Å²) in [5, 5.41) is 60.4. The SMILES string of the molecule is Cc1[nH]c2c(c1C)CC(=O)NC2=N.Cc1cc2c(s1)C(=N)NC(=O)C2.Cc1nc2c(o1)C(=N)NC(=O)C2.Cc1nc2c(s1)C(=N)NC(=O)C2.Cc1oc2c(c1C)CC(=O)NC2=N.Cn1cnc2c1C(=N)NC(=O)C2. The minimum atomic E-state index is -0.208. The van der Waals surface area contributed by atoms with E-state index in [-0.39, 0.29) is 83.3 Å². The van der Waals surface area contributed by atoms with Crippen LogP contribution in [0.1, 0.15) is 105 Å². The van der Waals surface area contributed by atoms with Crippen molar-refractivity contribution in [1.82, 2.24) is 56.4 Å². The highest BCUT2D eigenvalue weighted by Crippen LogP contribution is 2.26. The summed E-state index contributed by atoms with van der Waals surface area (Å²) >= 11 is 3.01. The van der Waals surface area contributed by atoms with Crippen LogP contribution in [0.5, 0.6) is 0 Å². The molecule has 0 aliphatic carbocycles. The summed E-state index contributed by atoms with van der Waals surface area (Å²) in [4.78, 5) is 84.2. The van der Waals surface area contributed by atoms with E-state index in [1.165, 1.54) is 11.3 Å². The minimum Gasteiger partial charge on any atom is -0.458 e. The lowest BCUT2D eigenvalue weighted by Crippen LogP contribution is -2.38. The van der Waals surface area contributed by atoms with Gasteiger partial charge in [-0.25, -0.2) is 15.0 Å². The molecule has 6 aliphatic heterocycles. The quantitative estimate of drug-likeness (QED) is 0.105. The van der Waals surface area contributed by atoms with Gasteiger partial charge >= 0.3 is 0 Å². The Morgan fingerprint density at radius 3 is 1.73 bits per heavy atom. The number of carbonyl (C=O) groups is 6. The van der Waals surface area contributed by atoms with Gasteiger partial charge in [0.15, 0.2) is 34.9 Å². The number of imidazole rings is 1. The number of hydrogen-bond donors (Lipinski definition) is 13. The van der Waals surface area contributed by atoms with Gasteiger partial charge in [-0.2, -0.15) is 0 Å². The predicted molar refractivity (Wildman–Crippen MR) is 271 cm³/mol. The highest BCUT2D eigenvalue weighted by molar-refractivity contribution is 7.14. The number of amidine groups is 6. The maximum absolute atomic E-state index is 11.1. The van der Waals surface area contributed by atoms with Crippen molar-refractivity contribution < 1.29 is 37.6 Å². The van der Waals surface area contributed by atoms with Gasteiger partial charge < -0.3 is 50.3 Å². The second-order valence-electron chi connectivity index (χ2n) is 17.3. The molecule has 12 heterocycles. The number of aromatic amines is 1. The molecule has 6 aromatic rings. The van der Waals surface area contributed by atoms with Crippen LogP contribution in [0.4, 0.5) is 0 Å². The molecule has 0 aromatic carbocycles. The van der Waals surface area contributed by atoms with Crippen LogP contribution in [-0.2, 0) is 74.3 Å². The van der Waals surface area contributed by atoms with Crippen LogP contribution in [0.15, 0.2) is 21.2 Å². The summed E-state index contributed by atoms with van der Waals surface area (Å²) in [6.45, 7) is 13.2. The number of amides is 6. The number of nitrogens with zero attached hydrogens (tertiary/aromatic N) is 4.